The molecule has 1 aromatic carbocycles. The Kier molecular flexibility index (Phi) is 5.19. The van der Waals surface area contributed by atoms with E-state index in [0.29, 0.717) is 15.6 Å². The zero-order chi connectivity index (χ0) is 13.7. The molecular formula is C12H11Cl2NO3. The number of hydrogen-bond acceptors (Lipinski definition) is 2. The predicted molar refractivity (Wildman–Crippen MR) is 70.7 cm³/mol. The van der Waals surface area contributed by atoms with Gasteiger partial charge in [-0.2, -0.15) is 0 Å². The fraction of sp³-hybridized carbons (Fsp3) is 0.167. The molecule has 2 N–H and O–H groups in total. The number of aliphatic carboxylic acids is 1. The lowest BCUT2D eigenvalue weighted by molar-refractivity contribution is -0.140. The van der Waals surface area contributed by atoms with E-state index in [4.69, 9.17) is 28.3 Å². The van der Waals surface area contributed by atoms with Crippen molar-refractivity contribution < 1.29 is 14.7 Å². The van der Waals surface area contributed by atoms with Crippen molar-refractivity contribution >= 4 is 41.2 Å². The van der Waals surface area contributed by atoms with Crippen molar-refractivity contribution in [3.05, 3.63) is 39.9 Å². The number of carbonyl (C=O) groups excluding carboxylic acids is 1. The van der Waals surface area contributed by atoms with Gasteiger partial charge in [0.1, 0.15) is 6.04 Å². The van der Waals surface area contributed by atoms with Crippen molar-refractivity contribution in [2.75, 3.05) is 0 Å². The molecule has 18 heavy (non-hydrogen) atoms. The first-order chi connectivity index (χ1) is 8.40. The number of benzene rings is 1. The molecule has 1 rings (SSSR count). The Bertz CT molecular complexity index is 500. The highest BCUT2D eigenvalue weighted by molar-refractivity contribution is 6.34. The molecule has 1 atom stereocenters. The Balaban J connectivity index is 2.72. The van der Waals surface area contributed by atoms with E-state index < -0.39 is 17.9 Å². The first-order valence-corrected chi connectivity index (χ1v) is 5.82. The highest BCUT2D eigenvalue weighted by Gasteiger charge is 2.11. The van der Waals surface area contributed by atoms with Gasteiger partial charge in [0.05, 0.1) is 0 Å². The van der Waals surface area contributed by atoms with Crippen LogP contribution in [0.3, 0.4) is 0 Å². The summed E-state index contributed by atoms with van der Waals surface area (Å²) in [6.45, 7) is 1.38. The number of hydrogen-bond donors (Lipinski definition) is 2. The average Bonchev–Trinajstić information content (AvgIpc) is 2.30. The Morgan fingerprint density at radius 2 is 2.06 bits per heavy atom. The molecule has 1 unspecified atom stereocenters. The monoisotopic (exact) mass is 287 g/mol. The molecule has 1 amide bonds. The maximum Gasteiger partial charge on any atom is 0.325 e. The normalized spacial score (nSPS) is 12.4. The highest BCUT2D eigenvalue weighted by Crippen LogP contribution is 2.21. The molecule has 0 saturated heterocycles. The van der Waals surface area contributed by atoms with Crippen LogP contribution in [0.25, 0.3) is 6.08 Å². The highest BCUT2D eigenvalue weighted by atomic mass is 35.5. The SMILES string of the molecule is CC(NC(=O)/C=C/c1cc(Cl)ccc1Cl)C(=O)O. The fourth-order valence-corrected chi connectivity index (χ4v) is 1.49. The molecule has 0 radical (unpaired) electrons. The van der Waals surface area contributed by atoms with Gasteiger partial charge in [0.25, 0.3) is 0 Å². The summed E-state index contributed by atoms with van der Waals surface area (Å²) in [4.78, 5) is 21.9. The van der Waals surface area contributed by atoms with E-state index in [1.54, 1.807) is 18.2 Å². The number of carbonyl (C=O) groups is 2. The molecule has 0 saturated carbocycles. The second-order valence-electron chi connectivity index (χ2n) is 3.57. The summed E-state index contributed by atoms with van der Waals surface area (Å²) in [5.74, 6) is -1.61. The van der Waals surface area contributed by atoms with E-state index in [1.165, 1.54) is 19.1 Å². The Labute approximate surface area is 114 Å². The molecular weight excluding hydrogens is 277 g/mol. The van der Waals surface area contributed by atoms with E-state index in [-0.39, 0.29) is 0 Å². The molecule has 6 heteroatoms. The fourth-order valence-electron chi connectivity index (χ4n) is 1.13. The Morgan fingerprint density at radius 3 is 2.67 bits per heavy atom. The van der Waals surface area contributed by atoms with Gasteiger partial charge in [-0.25, -0.2) is 0 Å². The third kappa shape index (κ3) is 4.39. The number of nitrogens with one attached hydrogen (secondary N) is 1. The summed E-state index contributed by atoms with van der Waals surface area (Å²) in [5.41, 5.74) is 0.585. The van der Waals surface area contributed by atoms with E-state index in [2.05, 4.69) is 5.32 Å². The average molecular weight is 288 g/mol. The van der Waals surface area contributed by atoms with Crippen LogP contribution in [0.4, 0.5) is 0 Å². The zero-order valence-corrected chi connectivity index (χ0v) is 11.0. The summed E-state index contributed by atoms with van der Waals surface area (Å²) in [7, 11) is 0. The number of carboxylic acids is 1. The van der Waals surface area contributed by atoms with Crippen molar-refractivity contribution in [3.8, 4) is 0 Å². The minimum atomic E-state index is -1.10. The molecule has 0 bridgehead atoms. The third-order valence-corrected chi connectivity index (χ3v) is 2.68. The van der Waals surface area contributed by atoms with E-state index >= 15 is 0 Å². The van der Waals surface area contributed by atoms with E-state index in [1.807, 2.05) is 0 Å². The molecule has 1 aromatic rings. The quantitative estimate of drug-likeness (QED) is 0.837. The van der Waals surface area contributed by atoms with Crippen LogP contribution in [0.1, 0.15) is 12.5 Å². The van der Waals surface area contributed by atoms with Crippen molar-refractivity contribution in [1.29, 1.82) is 0 Å². The molecule has 4 nitrogen and oxygen atoms in total. The topological polar surface area (TPSA) is 66.4 Å². The van der Waals surface area contributed by atoms with Crippen LogP contribution in [0, 0.1) is 0 Å². The second-order valence-corrected chi connectivity index (χ2v) is 4.41. The van der Waals surface area contributed by atoms with Gasteiger partial charge in [0.15, 0.2) is 0 Å². The molecule has 0 aliphatic rings. The van der Waals surface area contributed by atoms with Gasteiger partial charge < -0.3 is 10.4 Å². The van der Waals surface area contributed by atoms with Crippen LogP contribution >= 0.6 is 23.2 Å². The Morgan fingerprint density at radius 1 is 1.39 bits per heavy atom. The van der Waals surface area contributed by atoms with Gasteiger partial charge >= 0.3 is 5.97 Å². The summed E-state index contributed by atoms with van der Waals surface area (Å²) in [6, 6.07) is 3.90. The van der Waals surface area contributed by atoms with Crippen molar-refractivity contribution in [2.45, 2.75) is 13.0 Å². The van der Waals surface area contributed by atoms with Crippen LogP contribution in [0.5, 0.6) is 0 Å². The third-order valence-electron chi connectivity index (χ3n) is 2.10. The van der Waals surface area contributed by atoms with Crippen LogP contribution < -0.4 is 5.32 Å². The lowest BCUT2D eigenvalue weighted by atomic mass is 10.2. The summed E-state index contributed by atoms with van der Waals surface area (Å²) in [6.07, 6.45) is 2.68. The minimum Gasteiger partial charge on any atom is -0.480 e. The van der Waals surface area contributed by atoms with Crippen molar-refractivity contribution in [1.82, 2.24) is 5.32 Å². The number of amides is 1. The lowest BCUT2D eigenvalue weighted by Gasteiger charge is -2.06. The van der Waals surface area contributed by atoms with E-state index in [0.717, 1.165) is 0 Å². The van der Waals surface area contributed by atoms with Gasteiger partial charge in [-0.1, -0.05) is 23.2 Å². The molecule has 0 fully saturated rings. The maximum absolute atomic E-state index is 11.4. The van der Waals surface area contributed by atoms with Gasteiger partial charge in [-0.05, 0) is 36.8 Å². The molecule has 0 heterocycles. The Hall–Kier alpha value is -1.52. The standard InChI is InChI=1S/C12H11Cl2NO3/c1-7(12(17)18)15-11(16)5-2-8-6-9(13)3-4-10(8)14/h2-7H,1H3,(H,15,16)(H,17,18)/b5-2+. The first kappa shape index (κ1) is 14.5. The number of rotatable bonds is 4. The van der Waals surface area contributed by atoms with Crippen molar-refractivity contribution in [3.63, 3.8) is 0 Å². The smallest absolute Gasteiger partial charge is 0.325 e. The molecule has 0 aliphatic heterocycles. The van der Waals surface area contributed by atoms with Crippen LogP contribution in [-0.2, 0) is 9.59 Å². The zero-order valence-electron chi connectivity index (χ0n) is 9.48. The molecule has 0 aliphatic carbocycles. The molecule has 0 aromatic heterocycles. The molecule has 96 valence electrons. The van der Waals surface area contributed by atoms with E-state index in [9.17, 15) is 9.59 Å². The van der Waals surface area contributed by atoms with Gasteiger partial charge in [-0.15, -0.1) is 0 Å². The number of halogens is 2. The van der Waals surface area contributed by atoms with Crippen molar-refractivity contribution in [2.24, 2.45) is 0 Å². The van der Waals surface area contributed by atoms with Crippen LogP contribution in [0.2, 0.25) is 10.0 Å². The predicted octanol–water partition coefficient (Wildman–Crippen LogP) is 2.60. The summed E-state index contributed by atoms with van der Waals surface area (Å²) >= 11 is 11.7. The van der Waals surface area contributed by atoms with Gasteiger partial charge in [-0.3, -0.25) is 9.59 Å². The van der Waals surface area contributed by atoms with Gasteiger partial charge in [0.2, 0.25) is 5.91 Å². The summed E-state index contributed by atoms with van der Waals surface area (Å²) < 4.78 is 0. The first-order valence-electron chi connectivity index (χ1n) is 5.06. The largest absolute Gasteiger partial charge is 0.480 e. The van der Waals surface area contributed by atoms with Crippen LogP contribution in [0.15, 0.2) is 24.3 Å². The lowest BCUT2D eigenvalue weighted by Crippen LogP contribution is -2.37. The molecule has 0 spiro atoms. The summed E-state index contributed by atoms with van der Waals surface area (Å²) in [5, 5.41) is 11.9. The maximum atomic E-state index is 11.4. The minimum absolute atomic E-state index is 0.453. The number of carboxylic acid groups (broad SMARTS) is 1. The second kappa shape index (κ2) is 6.42. The van der Waals surface area contributed by atoms with Gasteiger partial charge in [0, 0.05) is 16.1 Å². The van der Waals surface area contributed by atoms with Crippen LogP contribution in [-0.4, -0.2) is 23.0 Å².